The van der Waals surface area contributed by atoms with Crippen molar-refractivity contribution in [2.75, 3.05) is 0 Å². The summed E-state index contributed by atoms with van der Waals surface area (Å²) in [6.07, 6.45) is 4.72. The van der Waals surface area contributed by atoms with Crippen molar-refractivity contribution >= 4 is 5.78 Å². The second-order valence-electron chi connectivity index (χ2n) is 4.13. The number of rotatable bonds is 3. The first-order valence-electron chi connectivity index (χ1n) is 5.43. The predicted octanol–water partition coefficient (Wildman–Crippen LogP) is 1.86. The van der Waals surface area contributed by atoms with E-state index >= 15 is 0 Å². The van der Waals surface area contributed by atoms with Crippen molar-refractivity contribution < 1.29 is 4.79 Å². The van der Waals surface area contributed by atoms with E-state index in [0.29, 0.717) is 6.42 Å². The van der Waals surface area contributed by atoms with Crippen LogP contribution in [0, 0.1) is 0 Å². The summed E-state index contributed by atoms with van der Waals surface area (Å²) in [5, 5.41) is 0. The van der Waals surface area contributed by atoms with Crippen LogP contribution >= 0.6 is 0 Å². The molecule has 16 heavy (non-hydrogen) atoms. The maximum atomic E-state index is 12.0. The van der Waals surface area contributed by atoms with E-state index in [0.717, 1.165) is 12.2 Å². The molecule has 0 saturated carbocycles. The number of carbonyl (C=O) groups excluding carboxylic acids is 1. The third-order valence-electron chi connectivity index (χ3n) is 3.14. The number of nitrogens with zero attached hydrogens (tertiary/aromatic N) is 1. The van der Waals surface area contributed by atoms with Gasteiger partial charge in [-0.25, -0.2) is 4.98 Å². The number of Topliss-reactive ketones (excluding diaryl/α,β-unsaturated/α-hetero) is 1. The van der Waals surface area contributed by atoms with E-state index in [4.69, 9.17) is 0 Å². The first kappa shape index (κ1) is 9.33. The van der Waals surface area contributed by atoms with Gasteiger partial charge in [-0.05, 0) is 17.5 Å². The van der Waals surface area contributed by atoms with Crippen molar-refractivity contribution in [1.29, 1.82) is 0 Å². The summed E-state index contributed by atoms with van der Waals surface area (Å²) >= 11 is 0. The number of benzene rings is 1. The molecule has 0 aliphatic heterocycles. The van der Waals surface area contributed by atoms with E-state index in [2.05, 4.69) is 16.0 Å². The fourth-order valence-corrected chi connectivity index (χ4v) is 2.23. The molecule has 1 aliphatic carbocycles. The molecule has 1 heterocycles. The largest absolute Gasteiger partial charge is 0.348 e. The van der Waals surface area contributed by atoms with Crippen LogP contribution in [0.2, 0.25) is 0 Å². The highest BCUT2D eigenvalue weighted by Gasteiger charge is 2.31. The van der Waals surface area contributed by atoms with Crippen LogP contribution in [0.5, 0.6) is 0 Å². The fraction of sp³-hybridized carbons (Fsp3) is 0.231. The lowest BCUT2D eigenvalue weighted by atomic mass is 9.74. The summed E-state index contributed by atoms with van der Waals surface area (Å²) in [4.78, 5) is 19.0. The quantitative estimate of drug-likeness (QED) is 0.844. The molecule has 1 aromatic carbocycles. The molecule has 0 fully saturated rings. The first-order valence-corrected chi connectivity index (χ1v) is 5.43. The van der Waals surface area contributed by atoms with Gasteiger partial charge in [0.25, 0.3) is 0 Å². The molecular formula is C13H12N2O. The van der Waals surface area contributed by atoms with Crippen LogP contribution in [0.1, 0.15) is 22.9 Å². The van der Waals surface area contributed by atoms with Gasteiger partial charge >= 0.3 is 0 Å². The van der Waals surface area contributed by atoms with Crippen molar-refractivity contribution in [3.8, 4) is 0 Å². The standard InChI is InChI=1S/C13H12N2O/c16-12(8-13-14-5-6-15-13)11-7-9-3-1-2-4-10(9)11/h1-6,11H,7-8H2,(H,14,15). The molecule has 0 amide bonds. The minimum atomic E-state index is 0.0845. The molecule has 3 nitrogen and oxygen atoms in total. The summed E-state index contributed by atoms with van der Waals surface area (Å²) in [7, 11) is 0. The molecule has 1 N–H and O–H groups in total. The molecule has 1 aromatic heterocycles. The van der Waals surface area contributed by atoms with E-state index in [1.54, 1.807) is 12.4 Å². The van der Waals surface area contributed by atoms with Crippen LogP contribution in [0.25, 0.3) is 0 Å². The minimum absolute atomic E-state index is 0.0845. The van der Waals surface area contributed by atoms with Crippen LogP contribution in [-0.4, -0.2) is 15.8 Å². The molecule has 3 rings (SSSR count). The Kier molecular flexibility index (Phi) is 2.10. The van der Waals surface area contributed by atoms with Gasteiger partial charge in [0.15, 0.2) is 0 Å². The molecule has 1 atom stereocenters. The van der Waals surface area contributed by atoms with Gasteiger partial charge < -0.3 is 4.98 Å². The highest BCUT2D eigenvalue weighted by Crippen LogP contribution is 2.35. The molecular weight excluding hydrogens is 200 g/mol. The highest BCUT2D eigenvalue weighted by atomic mass is 16.1. The Hall–Kier alpha value is -1.90. The van der Waals surface area contributed by atoms with Gasteiger partial charge in [0, 0.05) is 18.3 Å². The zero-order valence-electron chi connectivity index (χ0n) is 8.81. The van der Waals surface area contributed by atoms with Crippen LogP contribution < -0.4 is 0 Å². The monoisotopic (exact) mass is 212 g/mol. The Balaban J connectivity index is 1.75. The SMILES string of the molecule is O=C(Cc1ncc[nH]1)C1Cc2ccccc21. The highest BCUT2D eigenvalue weighted by molar-refractivity contribution is 5.89. The smallest absolute Gasteiger partial charge is 0.148 e. The van der Waals surface area contributed by atoms with E-state index in [9.17, 15) is 4.79 Å². The van der Waals surface area contributed by atoms with E-state index in [1.807, 2.05) is 18.2 Å². The third-order valence-corrected chi connectivity index (χ3v) is 3.14. The molecule has 0 bridgehead atoms. The van der Waals surface area contributed by atoms with E-state index < -0.39 is 0 Å². The van der Waals surface area contributed by atoms with Crippen molar-refractivity contribution in [1.82, 2.24) is 9.97 Å². The van der Waals surface area contributed by atoms with Gasteiger partial charge in [0.05, 0.1) is 6.42 Å². The number of hydrogen-bond acceptors (Lipinski definition) is 2. The fourth-order valence-electron chi connectivity index (χ4n) is 2.23. The van der Waals surface area contributed by atoms with Gasteiger partial charge in [0.2, 0.25) is 0 Å². The number of imidazole rings is 1. The second kappa shape index (κ2) is 3.59. The van der Waals surface area contributed by atoms with Gasteiger partial charge in [0.1, 0.15) is 11.6 Å². The van der Waals surface area contributed by atoms with E-state index in [1.165, 1.54) is 11.1 Å². The average Bonchev–Trinajstić information content (AvgIpc) is 2.72. The minimum Gasteiger partial charge on any atom is -0.348 e. The van der Waals surface area contributed by atoms with Crippen molar-refractivity contribution in [3.63, 3.8) is 0 Å². The zero-order chi connectivity index (χ0) is 11.0. The summed E-state index contributed by atoms with van der Waals surface area (Å²) in [6, 6.07) is 8.15. The first-order chi connectivity index (χ1) is 7.84. The number of fused-ring (bicyclic) bond motifs is 1. The van der Waals surface area contributed by atoms with Crippen molar-refractivity contribution in [2.24, 2.45) is 0 Å². The molecule has 0 radical (unpaired) electrons. The number of aromatic nitrogens is 2. The zero-order valence-corrected chi connectivity index (χ0v) is 8.81. The maximum Gasteiger partial charge on any atom is 0.148 e. The molecule has 0 saturated heterocycles. The summed E-state index contributed by atoms with van der Waals surface area (Å²) < 4.78 is 0. The summed E-state index contributed by atoms with van der Waals surface area (Å²) in [5.41, 5.74) is 2.50. The van der Waals surface area contributed by atoms with Crippen LogP contribution in [0.4, 0.5) is 0 Å². The average molecular weight is 212 g/mol. The molecule has 80 valence electrons. The number of aromatic amines is 1. The Morgan fingerprint density at radius 2 is 2.31 bits per heavy atom. The number of ketones is 1. The topological polar surface area (TPSA) is 45.8 Å². The summed E-state index contributed by atoms with van der Waals surface area (Å²) in [6.45, 7) is 0. The number of nitrogens with one attached hydrogen (secondary N) is 1. The Bertz CT molecular complexity index is 516. The van der Waals surface area contributed by atoms with Gasteiger partial charge in [-0.2, -0.15) is 0 Å². The molecule has 1 aliphatic rings. The molecule has 3 heteroatoms. The maximum absolute atomic E-state index is 12.0. The Labute approximate surface area is 93.5 Å². The van der Waals surface area contributed by atoms with Crippen LogP contribution in [0.15, 0.2) is 36.7 Å². The lowest BCUT2D eigenvalue weighted by molar-refractivity contribution is -0.120. The van der Waals surface area contributed by atoms with Crippen LogP contribution in [0.3, 0.4) is 0 Å². The molecule has 1 unspecified atom stereocenters. The number of H-pyrrole nitrogens is 1. The lowest BCUT2D eigenvalue weighted by Gasteiger charge is -2.28. The van der Waals surface area contributed by atoms with E-state index in [-0.39, 0.29) is 11.7 Å². The molecule has 2 aromatic rings. The van der Waals surface area contributed by atoms with Crippen molar-refractivity contribution in [3.05, 3.63) is 53.6 Å². The Morgan fingerprint density at radius 1 is 1.44 bits per heavy atom. The predicted molar refractivity (Wildman–Crippen MR) is 60.2 cm³/mol. The van der Waals surface area contributed by atoms with Gasteiger partial charge in [-0.1, -0.05) is 24.3 Å². The van der Waals surface area contributed by atoms with Crippen LogP contribution in [-0.2, 0) is 17.6 Å². The normalized spacial score (nSPS) is 17.6. The number of carbonyl (C=O) groups is 1. The van der Waals surface area contributed by atoms with Gasteiger partial charge in [-0.15, -0.1) is 0 Å². The third kappa shape index (κ3) is 1.45. The Morgan fingerprint density at radius 3 is 3.06 bits per heavy atom. The summed E-state index contributed by atoms with van der Waals surface area (Å²) in [5.74, 6) is 1.10. The second-order valence-corrected chi connectivity index (χ2v) is 4.13. The van der Waals surface area contributed by atoms with Gasteiger partial charge in [-0.3, -0.25) is 4.79 Å². The van der Waals surface area contributed by atoms with Crippen molar-refractivity contribution in [2.45, 2.75) is 18.8 Å². The number of hydrogen-bond donors (Lipinski definition) is 1. The molecule has 0 spiro atoms. The lowest BCUT2D eigenvalue weighted by Crippen LogP contribution is -2.26.